The van der Waals surface area contributed by atoms with E-state index in [2.05, 4.69) is 28.9 Å². The van der Waals surface area contributed by atoms with Crippen molar-refractivity contribution in [3.63, 3.8) is 0 Å². The second-order valence-electron chi connectivity index (χ2n) is 7.95. The molecule has 7 heteroatoms. The van der Waals surface area contributed by atoms with Gasteiger partial charge in [-0.2, -0.15) is 0 Å². The number of benzene rings is 1. The van der Waals surface area contributed by atoms with Crippen LogP contribution in [0.15, 0.2) is 28.7 Å². The maximum atomic E-state index is 13.4. The van der Waals surface area contributed by atoms with Gasteiger partial charge in [-0.25, -0.2) is 4.39 Å². The molecule has 4 rings (SSSR count). The number of amides is 1. The minimum Gasteiger partial charge on any atom is -0.419 e. The smallest absolute Gasteiger partial charge is 0.247 e. The number of hydrogen-bond acceptors (Lipinski definition) is 5. The highest BCUT2D eigenvalue weighted by atomic mass is 19.1. The number of nitrogens with zero attached hydrogens (tertiary/aromatic N) is 4. The van der Waals surface area contributed by atoms with Gasteiger partial charge >= 0.3 is 0 Å². The first-order valence-electron chi connectivity index (χ1n) is 9.59. The largest absolute Gasteiger partial charge is 0.419 e. The maximum Gasteiger partial charge on any atom is 0.247 e. The predicted octanol–water partition coefficient (Wildman–Crippen LogP) is 3.10. The van der Waals surface area contributed by atoms with E-state index >= 15 is 0 Å². The molecule has 1 atom stereocenters. The summed E-state index contributed by atoms with van der Waals surface area (Å²) in [6.07, 6.45) is 2.88. The van der Waals surface area contributed by atoms with Gasteiger partial charge in [-0.1, -0.05) is 6.07 Å². The van der Waals surface area contributed by atoms with Crippen molar-refractivity contribution < 1.29 is 13.6 Å². The van der Waals surface area contributed by atoms with Crippen LogP contribution in [0.4, 0.5) is 4.39 Å². The lowest BCUT2D eigenvalue weighted by molar-refractivity contribution is -0.147. The maximum absolute atomic E-state index is 13.4. The summed E-state index contributed by atoms with van der Waals surface area (Å²) in [5, 5.41) is 8.14. The number of rotatable bonds is 4. The molecule has 1 aromatic heterocycles. The Labute approximate surface area is 158 Å². The van der Waals surface area contributed by atoms with E-state index < -0.39 is 0 Å². The highest BCUT2D eigenvalue weighted by molar-refractivity contribution is 5.84. The molecule has 144 valence electrons. The number of hydrogen-bond donors (Lipinski definition) is 0. The van der Waals surface area contributed by atoms with Crippen molar-refractivity contribution in [2.24, 2.45) is 5.41 Å². The number of halogens is 1. The van der Waals surface area contributed by atoms with Gasteiger partial charge < -0.3 is 9.32 Å². The Morgan fingerprint density at radius 3 is 2.89 bits per heavy atom. The summed E-state index contributed by atoms with van der Waals surface area (Å²) < 4.78 is 19.1. The molecule has 2 fully saturated rings. The monoisotopic (exact) mass is 372 g/mol. The molecule has 0 aliphatic carbocycles. The van der Waals surface area contributed by atoms with Gasteiger partial charge in [0.15, 0.2) is 0 Å². The van der Waals surface area contributed by atoms with Gasteiger partial charge in [0.1, 0.15) is 5.82 Å². The summed E-state index contributed by atoms with van der Waals surface area (Å²) in [4.78, 5) is 17.3. The van der Waals surface area contributed by atoms with Crippen LogP contribution in [0.3, 0.4) is 0 Å². The molecule has 2 aliphatic heterocycles. The summed E-state index contributed by atoms with van der Waals surface area (Å²) in [5.41, 5.74) is 0.301. The van der Waals surface area contributed by atoms with Crippen LogP contribution in [0.25, 0.3) is 11.5 Å². The van der Waals surface area contributed by atoms with Gasteiger partial charge in [0.25, 0.3) is 0 Å². The summed E-state index contributed by atoms with van der Waals surface area (Å²) >= 11 is 0. The van der Waals surface area contributed by atoms with E-state index in [1.807, 2.05) is 4.90 Å². The molecule has 2 aromatic rings. The van der Waals surface area contributed by atoms with Crippen molar-refractivity contribution in [1.82, 2.24) is 20.0 Å². The van der Waals surface area contributed by atoms with Crippen LogP contribution in [0.2, 0.25) is 0 Å². The van der Waals surface area contributed by atoms with E-state index in [1.54, 1.807) is 12.1 Å². The number of piperidine rings is 1. The van der Waals surface area contributed by atoms with E-state index in [0.717, 1.165) is 38.9 Å². The van der Waals surface area contributed by atoms with E-state index in [4.69, 9.17) is 4.42 Å². The molecule has 0 unspecified atom stereocenters. The highest BCUT2D eigenvalue weighted by Crippen LogP contribution is 2.41. The van der Waals surface area contributed by atoms with Gasteiger partial charge in [0.05, 0.1) is 12.0 Å². The molecule has 2 aliphatic rings. The molecule has 6 nitrogen and oxygen atoms in total. The zero-order valence-corrected chi connectivity index (χ0v) is 15.8. The third-order valence-corrected chi connectivity index (χ3v) is 5.72. The van der Waals surface area contributed by atoms with Crippen LogP contribution in [-0.4, -0.2) is 51.6 Å². The van der Waals surface area contributed by atoms with E-state index in [9.17, 15) is 9.18 Å². The van der Waals surface area contributed by atoms with Crippen molar-refractivity contribution in [3.05, 3.63) is 36.0 Å². The highest BCUT2D eigenvalue weighted by Gasteiger charge is 2.48. The van der Waals surface area contributed by atoms with E-state index in [0.29, 0.717) is 23.9 Å². The number of carbonyl (C=O) groups excluding carboxylic acids is 1. The average molecular weight is 372 g/mol. The number of likely N-dealkylation sites (tertiary alicyclic amines) is 2. The van der Waals surface area contributed by atoms with Gasteiger partial charge in [-0.15, -0.1) is 10.2 Å². The lowest BCUT2D eigenvalue weighted by atomic mass is 9.78. The van der Waals surface area contributed by atoms with E-state index in [1.165, 1.54) is 12.1 Å². The molecular weight excluding hydrogens is 347 g/mol. The first kappa shape index (κ1) is 18.1. The molecule has 0 saturated carbocycles. The fourth-order valence-corrected chi connectivity index (χ4v) is 4.31. The number of aromatic nitrogens is 2. The molecule has 27 heavy (non-hydrogen) atoms. The molecule has 1 spiro atoms. The van der Waals surface area contributed by atoms with E-state index in [-0.39, 0.29) is 23.2 Å². The van der Waals surface area contributed by atoms with Crippen LogP contribution in [0.1, 0.15) is 39.0 Å². The first-order valence-corrected chi connectivity index (χ1v) is 9.59. The summed E-state index contributed by atoms with van der Waals surface area (Å²) in [6, 6.07) is 6.36. The van der Waals surface area contributed by atoms with Crippen molar-refractivity contribution >= 4 is 5.91 Å². The van der Waals surface area contributed by atoms with Gasteiger partial charge in [0.2, 0.25) is 17.7 Å². The molecule has 0 bridgehead atoms. The Kier molecular flexibility index (Phi) is 4.72. The zero-order valence-electron chi connectivity index (χ0n) is 15.8. The van der Waals surface area contributed by atoms with Gasteiger partial charge in [-0.05, 0) is 57.9 Å². The quantitative estimate of drug-likeness (QED) is 0.825. The predicted molar refractivity (Wildman–Crippen MR) is 98.1 cm³/mol. The molecule has 0 radical (unpaired) electrons. The van der Waals surface area contributed by atoms with Crippen LogP contribution < -0.4 is 0 Å². The third-order valence-electron chi connectivity index (χ3n) is 5.72. The fourth-order valence-electron chi connectivity index (χ4n) is 4.31. The van der Waals surface area contributed by atoms with Gasteiger partial charge in [-0.3, -0.25) is 9.69 Å². The Morgan fingerprint density at radius 2 is 2.11 bits per heavy atom. The normalized spacial score (nSPS) is 23.7. The van der Waals surface area contributed by atoms with Crippen molar-refractivity contribution in [3.8, 4) is 11.5 Å². The molecule has 3 heterocycles. The van der Waals surface area contributed by atoms with Crippen LogP contribution in [0.5, 0.6) is 0 Å². The molecule has 0 N–H and O–H groups in total. The second kappa shape index (κ2) is 7.03. The minimum absolute atomic E-state index is 0.244. The summed E-state index contributed by atoms with van der Waals surface area (Å²) in [7, 11) is 0. The SMILES string of the molecule is CC(C)N1CCC[C@]2(CCN(Cc3nnc(-c4cccc(F)c4)o3)C2)C1=O. The third kappa shape index (κ3) is 3.48. The zero-order chi connectivity index (χ0) is 19.0. The summed E-state index contributed by atoms with van der Waals surface area (Å²) in [6.45, 7) is 7.10. The van der Waals surface area contributed by atoms with Crippen molar-refractivity contribution in [2.45, 2.75) is 45.7 Å². The Balaban J connectivity index is 1.44. The van der Waals surface area contributed by atoms with Crippen molar-refractivity contribution in [2.75, 3.05) is 19.6 Å². The lowest BCUT2D eigenvalue weighted by Gasteiger charge is -2.41. The summed E-state index contributed by atoms with van der Waals surface area (Å²) in [5.74, 6) is 0.768. The molecule has 1 amide bonds. The average Bonchev–Trinajstić information content (AvgIpc) is 3.26. The van der Waals surface area contributed by atoms with Crippen LogP contribution in [0, 0.1) is 11.2 Å². The van der Waals surface area contributed by atoms with Crippen LogP contribution >= 0.6 is 0 Å². The first-order chi connectivity index (χ1) is 13.0. The minimum atomic E-state index is -0.334. The van der Waals surface area contributed by atoms with Crippen molar-refractivity contribution in [1.29, 1.82) is 0 Å². The topological polar surface area (TPSA) is 62.5 Å². The Morgan fingerprint density at radius 1 is 1.26 bits per heavy atom. The molecule has 1 aromatic carbocycles. The standard InChI is InChI=1S/C20H25FN4O2/c1-14(2)25-9-4-7-20(19(25)26)8-10-24(13-20)12-17-22-23-18(27-17)15-5-3-6-16(21)11-15/h3,5-6,11,14H,4,7-10,12-13H2,1-2H3/t20-/m1/s1. The lowest BCUT2D eigenvalue weighted by Crippen LogP contribution is -2.52. The fraction of sp³-hybridized carbons (Fsp3) is 0.550. The Bertz CT molecular complexity index is 837. The molecular formula is C20H25FN4O2. The van der Waals surface area contributed by atoms with Gasteiger partial charge in [0, 0.05) is 24.7 Å². The van der Waals surface area contributed by atoms with Crippen LogP contribution in [-0.2, 0) is 11.3 Å². The second-order valence-corrected chi connectivity index (χ2v) is 7.95. The Hall–Kier alpha value is -2.28. The number of carbonyl (C=O) groups is 1. The molecule has 2 saturated heterocycles.